The minimum Gasteiger partial charge on any atom is -0.493 e. The number of amides is 2. The largest absolute Gasteiger partial charge is 0.493 e. The number of likely N-dealkylation sites (tertiary alicyclic amines) is 1. The van der Waals surface area contributed by atoms with Gasteiger partial charge in [0.1, 0.15) is 0 Å². The van der Waals surface area contributed by atoms with Crippen LogP contribution in [0.5, 0.6) is 11.5 Å². The zero-order valence-corrected chi connectivity index (χ0v) is 17.7. The van der Waals surface area contributed by atoms with Crippen LogP contribution in [0.15, 0.2) is 24.4 Å². The second-order valence-electron chi connectivity index (χ2n) is 8.02. The molecule has 1 saturated heterocycles. The molecule has 1 N–H and O–H groups in total. The van der Waals surface area contributed by atoms with E-state index in [1.807, 2.05) is 27.8 Å². The van der Waals surface area contributed by atoms with Gasteiger partial charge in [0.05, 0.1) is 32.9 Å². The lowest BCUT2D eigenvalue weighted by molar-refractivity contribution is -0.129. The number of carbonyl (C=O) groups is 2. The van der Waals surface area contributed by atoms with Gasteiger partial charge in [0.2, 0.25) is 11.8 Å². The lowest BCUT2D eigenvalue weighted by Crippen LogP contribution is -2.31. The van der Waals surface area contributed by atoms with Gasteiger partial charge >= 0.3 is 0 Å². The fourth-order valence-corrected chi connectivity index (χ4v) is 4.56. The van der Waals surface area contributed by atoms with Crippen LogP contribution in [0.2, 0.25) is 0 Å². The van der Waals surface area contributed by atoms with E-state index in [-0.39, 0.29) is 11.8 Å². The third kappa shape index (κ3) is 3.99. The van der Waals surface area contributed by atoms with Gasteiger partial charge in [0.25, 0.3) is 0 Å². The molecular weight excluding hydrogens is 384 g/mol. The Morgan fingerprint density at radius 3 is 2.73 bits per heavy atom. The summed E-state index contributed by atoms with van der Waals surface area (Å²) in [5.41, 5.74) is 3.31. The molecule has 2 aliphatic rings. The van der Waals surface area contributed by atoms with E-state index in [9.17, 15) is 9.59 Å². The third-order valence-electron chi connectivity index (χ3n) is 6.02. The Balaban J connectivity index is 1.37. The van der Waals surface area contributed by atoms with Crippen molar-refractivity contribution in [1.29, 1.82) is 0 Å². The molecule has 8 heteroatoms. The van der Waals surface area contributed by atoms with Crippen molar-refractivity contribution in [2.75, 3.05) is 33.9 Å². The van der Waals surface area contributed by atoms with Crippen LogP contribution >= 0.6 is 0 Å². The molecule has 1 aliphatic heterocycles. The second-order valence-corrected chi connectivity index (χ2v) is 8.02. The molecule has 0 bridgehead atoms. The van der Waals surface area contributed by atoms with Gasteiger partial charge in [0.15, 0.2) is 11.5 Å². The summed E-state index contributed by atoms with van der Waals surface area (Å²) in [5.74, 6) is 2.14. The second kappa shape index (κ2) is 8.38. The van der Waals surface area contributed by atoms with Crippen molar-refractivity contribution in [1.82, 2.24) is 20.0 Å². The average Bonchev–Trinajstić information content (AvgIpc) is 3.38. The van der Waals surface area contributed by atoms with E-state index in [2.05, 4.69) is 11.5 Å². The number of rotatable bonds is 7. The molecule has 160 valence electrons. The molecule has 1 aromatic heterocycles. The summed E-state index contributed by atoms with van der Waals surface area (Å²) in [6, 6.07) is 5.60. The summed E-state index contributed by atoms with van der Waals surface area (Å²) in [6.07, 6.45) is 3.39. The summed E-state index contributed by atoms with van der Waals surface area (Å²) >= 11 is 0. The van der Waals surface area contributed by atoms with Gasteiger partial charge < -0.3 is 19.7 Å². The number of methoxy groups -OCH3 is 2. The van der Waals surface area contributed by atoms with Gasteiger partial charge in [-0.3, -0.25) is 14.3 Å². The molecule has 0 unspecified atom stereocenters. The number of benzene rings is 1. The summed E-state index contributed by atoms with van der Waals surface area (Å²) in [7, 11) is 3.19. The Kier molecular flexibility index (Phi) is 5.65. The van der Waals surface area contributed by atoms with Crippen molar-refractivity contribution in [2.24, 2.45) is 5.92 Å². The number of fused-ring (bicyclic) bond motifs is 3. The normalized spacial score (nSPS) is 19.4. The Labute approximate surface area is 176 Å². The van der Waals surface area contributed by atoms with Crippen molar-refractivity contribution < 1.29 is 19.1 Å². The van der Waals surface area contributed by atoms with E-state index in [1.54, 1.807) is 14.2 Å². The molecule has 1 aliphatic carbocycles. The molecule has 0 radical (unpaired) electrons. The van der Waals surface area contributed by atoms with Gasteiger partial charge in [-0.05, 0) is 35.6 Å². The highest BCUT2D eigenvalue weighted by molar-refractivity contribution is 5.79. The quantitative estimate of drug-likeness (QED) is 0.743. The highest BCUT2D eigenvalue weighted by Crippen LogP contribution is 2.42. The van der Waals surface area contributed by atoms with Crippen molar-refractivity contribution in [2.45, 2.75) is 32.2 Å². The molecule has 2 heterocycles. The predicted octanol–water partition coefficient (Wildman–Crippen LogP) is 1.38. The van der Waals surface area contributed by atoms with Gasteiger partial charge in [-0.2, -0.15) is 5.10 Å². The Morgan fingerprint density at radius 1 is 1.20 bits per heavy atom. The number of nitrogens with one attached hydrogen (secondary N) is 1. The summed E-state index contributed by atoms with van der Waals surface area (Å²) in [5, 5.41) is 7.54. The van der Waals surface area contributed by atoms with Crippen LogP contribution in [-0.4, -0.2) is 60.3 Å². The lowest BCUT2D eigenvalue weighted by atomic mass is 9.99. The van der Waals surface area contributed by atoms with Crippen molar-refractivity contribution in [3.8, 4) is 11.5 Å². The minimum absolute atomic E-state index is 0.0332. The van der Waals surface area contributed by atoms with Crippen molar-refractivity contribution in [3.05, 3.63) is 41.2 Å². The maximum Gasteiger partial charge on any atom is 0.227 e. The molecule has 2 amide bonds. The van der Waals surface area contributed by atoms with Crippen molar-refractivity contribution in [3.63, 3.8) is 0 Å². The van der Waals surface area contributed by atoms with Crippen LogP contribution in [-0.2, 0) is 29.0 Å². The van der Waals surface area contributed by atoms with E-state index >= 15 is 0 Å². The van der Waals surface area contributed by atoms with Crippen LogP contribution < -0.4 is 14.8 Å². The Bertz CT molecular complexity index is 955. The van der Waals surface area contributed by atoms with Crippen LogP contribution in [0.25, 0.3) is 0 Å². The number of ether oxygens (including phenoxy) is 2. The highest BCUT2D eigenvalue weighted by Gasteiger charge is 2.43. The number of hydrogen-bond donors (Lipinski definition) is 1. The molecule has 30 heavy (non-hydrogen) atoms. The molecule has 0 spiro atoms. The fourth-order valence-electron chi connectivity index (χ4n) is 4.56. The van der Waals surface area contributed by atoms with E-state index < -0.39 is 0 Å². The first-order chi connectivity index (χ1) is 14.5. The topological polar surface area (TPSA) is 85.7 Å². The van der Waals surface area contributed by atoms with Gasteiger partial charge in [-0.1, -0.05) is 6.07 Å². The first kappa shape index (κ1) is 20.3. The molecule has 2 aromatic rings. The molecule has 0 saturated carbocycles. The number of nitrogens with zero attached hydrogens (tertiary/aromatic N) is 3. The highest BCUT2D eigenvalue weighted by atomic mass is 16.5. The van der Waals surface area contributed by atoms with Gasteiger partial charge in [0, 0.05) is 38.7 Å². The monoisotopic (exact) mass is 412 g/mol. The smallest absolute Gasteiger partial charge is 0.227 e. The SMILES string of the molecule is COc1ccc(CC(=O)N2C[C@H]3Cc4cn(CCNC(C)=O)nc4[C@H]3C2)cc1OC. The van der Waals surface area contributed by atoms with Gasteiger partial charge in [-0.15, -0.1) is 0 Å². The summed E-state index contributed by atoms with van der Waals surface area (Å²) in [4.78, 5) is 25.9. The summed E-state index contributed by atoms with van der Waals surface area (Å²) < 4.78 is 12.5. The molecule has 1 fully saturated rings. The standard InChI is InChI=1S/C22H28N4O4/c1-14(27)23-6-7-26-12-17-10-16-11-25(13-18(16)22(17)24-26)21(28)9-15-4-5-19(29-2)20(8-15)30-3/h4-5,8,12,16,18H,6-7,9-11,13H2,1-3H3,(H,23,27)/t16-,18+/m1/s1. The van der Waals surface area contributed by atoms with Crippen LogP contribution in [0.3, 0.4) is 0 Å². The van der Waals surface area contributed by atoms with Gasteiger partial charge in [-0.25, -0.2) is 0 Å². The Hall–Kier alpha value is -3.03. The van der Waals surface area contributed by atoms with Crippen LogP contribution in [0.4, 0.5) is 0 Å². The maximum atomic E-state index is 12.9. The fraction of sp³-hybridized carbons (Fsp3) is 0.500. The molecule has 4 rings (SSSR count). The van der Waals surface area contributed by atoms with E-state index in [1.165, 1.54) is 12.5 Å². The Morgan fingerprint density at radius 2 is 2.00 bits per heavy atom. The maximum absolute atomic E-state index is 12.9. The minimum atomic E-state index is -0.0332. The molecule has 1 aromatic carbocycles. The van der Waals surface area contributed by atoms with E-state index in [4.69, 9.17) is 14.6 Å². The van der Waals surface area contributed by atoms with Crippen LogP contribution in [0.1, 0.15) is 29.7 Å². The zero-order valence-electron chi connectivity index (χ0n) is 17.7. The number of hydrogen-bond acceptors (Lipinski definition) is 5. The molecule has 2 atom stereocenters. The third-order valence-corrected chi connectivity index (χ3v) is 6.02. The van der Waals surface area contributed by atoms with Crippen molar-refractivity contribution >= 4 is 11.8 Å². The zero-order chi connectivity index (χ0) is 21.3. The molecular formula is C22H28N4O4. The average molecular weight is 412 g/mol. The van der Waals surface area contributed by atoms with E-state index in [0.717, 1.165) is 24.2 Å². The van der Waals surface area contributed by atoms with E-state index in [0.29, 0.717) is 49.4 Å². The lowest BCUT2D eigenvalue weighted by Gasteiger charge is -2.17. The number of aromatic nitrogens is 2. The molecule has 8 nitrogen and oxygen atoms in total. The predicted molar refractivity (Wildman–Crippen MR) is 111 cm³/mol. The first-order valence-electron chi connectivity index (χ1n) is 10.3. The summed E-state index contributed by atoms with van der Waals surface area (Å²) in [6.45, 7) is 4.23. The number of carbonyl (C=O) groups excluding carboxylic acids is 2. The van der Waals surface area contributed by atoms with Crippen LogP contribution in [0, 0.1) is 5.92 Å². The first-order valence-corrected chi connectivity index (χ1v) is 10.3.